The highest BCUT2D eigenvalue weighted by molar-refractivity contribution is 6.39. The van der Waals surface area contributed by atoms with E-state index in [-0.39, 0.29) is 19.4 Å². The van der Waals surface area contributed by atoms with Gasteiger partial charge in [0.1, 0.15) is 0 Å². The number of ether oxygens (including phenoxy) is 3. The summed E-state index contributed by atoms with van der Waals surface area (Å²) in [6, 6.07) is 12.2. The molecule has 2 amide bonds. The van der Waals surface area contributed by atoms with Gasteiger partial charge in [-0.25, -0.2) is 0 Å². The van der Waals surface area contributed by atoms with Gasteiger partial charge < -0.3 is 24.8 Å². The van der Waals surface area contributed by atoms with Crippen LogP contribution in [0, 0.1) is 0 Å². The quantitative estimate of drug-likeness (QED) is 0.705. The molecule has 30 heavy (non-hydrogen) atoms. The van der Waals surface area contributed by atoms with Gasteiger partial charge in [0, 0.05) is 30.3 Å². The zero-order valence-electron chi connectivity index (χ0n) is 16.2. The van der Waals surface area contributed by atoms with E-state index >= 15 is 0 Å². The first-order valence-electron chi connectivity index (χ1n) is 9.66. The lowest BCUT2D eigenvalue weighted by Gasteiger charge is -2.34. The molecule has 2 aromatic carbocycles. The van der Waals surface area contributed by atoms with Gasteiger partial charge in [0.2, 0.25) is 6.79 Å². The molecule has 0 bridgehead atoms. The van der Waals surface area contributed by atoms with Gasteiger partial charge in [-0.2, -0.15) is 0 Å². The lowest BCUT2D eigenvalue weighted by Crippen LogP contribution is -2.45. The first-order valence-corrected chi connectivity index (χ1v) is 10.0. The van der Waals surface area contributed by atoms with Crippen LogP contribution in [0.2, 0.25) is 5.02 Å². The number of nitrogens with one attached hydrogen (secondary N) is 2. The zero-order valence-corrected chi connectivity index (χ0v) is 17.0. The minimum absolute atomic E-state index is 0.129. The fourth-order valence-electron chi connectivity index (χ4n) is 3.46. The van der Waals surface area contributed by atoms with E-state index in [1.54, 1.807) is 24.3 Å². The standard InChI is InChI=1S/C21H22ClN3O5/c22-15-2-4-16(5-3-15)24-21(27)20(26)23-12-17(25-7-9-28-10-8-25)14-1-6-18-19(11-14)30-13-29-18/h1-6,11,17H,7-10,12-13H2,(H,23,26)(H,24,27)/t17-/m0/s1. The van der Waals surface area contributed by atoms with Gasteiger partial charge in [-0.3, -0.25) is 14.5 Å². The Kier molecular flexibility index (Phi) is 6.37. The molecule has 2 aliphatic heterocycles. The molecule has 1 fully saturated rings. The summed E-state index contributed by atoms with van der Waals surface area (Å²) >= 11 is 5.84. The molecule has 1 atom stereocenters. The minimum Gasteiger partial charge on any atom is -0.454 e. The normalized spacial score (nSPS) is 16.7. The number of rotatable bonds is 5. The smallest absolute Gasteiger partial charge is 0.313 e. The summed E-state index contributed by atoms with van der Waals surface area (Å²) in [7, 11) is 0. The Hall–Kier alpha value is -2.81. The van der Waals surface area contributed by atoms with E-state index in [0.29, 0.717) is 35.4 Å². The van der Waals surface area contributed by atoms with Gasteiger partial charge in [0.25, 0.3) is 0 Å². The minimum atomic E-state index is -0.733. The lowest BCUT2D eigenvalue weighted by atomic mass is 10.0. The van der Waals surface area contributed by atoms with Gasteiger partial charge in [0.15, 0.2) is 11.5 Å². The number of amides is 2. The number of hydrogen-bond donors (Lipinski definition) is 2. The number of fused-ring (bicyclic) bond motifs is 1. The van der Waals surface area contributed by atoms with Gasteiger partial charge in [-0.1, -0.05) is 17.7 Å². The highest BCUT2D eigenvalue weighted by Crippen LogP contribution is 2.35. The summed E-state index contributed by atoms with van der Waals surface area (Å²) in [5.74, 6) is -0.0592. The molecule has 2 aromatic rings. The summed E-state index contributed by atoms with van der Waals surface area (Å²) in [4.78, 5) is 26.9. The van der Waals surface area contributed by atoms with Crippen molar-refractivity contribution in [3.63, 3.8) is 0 Å². The maximum absolute atomic E-state index is 12.4. The zero-order chi connectivity index (χ0) is 20.9. The second-order valence-corrected chi connectivity index (χ2v) is 7.38. The molecule has 8 nitrogen and oxygen atoms in total. The second kappa shape index (κ2) is 9.34. The molecule has 0 aliphatic carbocycles. The van der Waals surface area contributed by atoms with Crippen LogP contribution in [0.4, 0.5) is 5.69 Å². The highest BCUT2D eigenvalue weighted by atomic mass is 35.5. The summed E-state index contributed by atoms with van der Waals surface area (Å²) in [6.07, 6.45) is 0. The number of anilines is 1. The van der Waals surface area contributed by atoms with Crippen LogP contribution < -0.4 is 20.1 Å². The van der Waals surface area contributed by atoms with Crippen molar-refractivity contribution < 1.29 is 23.8 Å². The predicted molar refractivity (Wildman–Crippen MR) is 111 cm³/mol. The fourth-order valence-corrected chi connectivity index (χ4v) is 3.58. The highest BCUT2D eigenvalue weighted by Gasteiger charge is 2.26. The summed E-state index contributed by atoms with van der Waals surface area (Å²) in [6.45, 7) is 3.16. The lowest BCUT2D eigenvalue weighted by molar-refractivity contribution is -0.136. The number of halogens is 1. The van der Waals surface area contributed by atoms with Crippen molar-refractivity contribution in [2.75, 3.05) is 45.0 Å². The number of nitrogens with zero attached hydrogens (tertiary/aromatic N) is 1. The third-order valence-corrected chi connectivity index (χ3v) is 5.28. The summed E-state index contributed by atoms with van der Waals surface area (Å²) in [5.41, 5.74) is 1.47. The summed E-state index contributed by atoms with van der Waals surface area (Å²) in [5, 5.41) is 5.86. The van der Waals surface area contributed by atoms with E-state index in [2.05, 4.69) is 15.5 Å². The van der Waals surface area contributed by atoms with Crippen LogP contribution in [0.25, 0.3) is 0 Å². The van der Waals surface area contributed by atoms with Crippen molar-refractivity contribution in [2.45, 2.75) is 6.04 Å². The van der Waals surface area contributed by atoms with E-state index in [0.717, 1.165) is 18.7 Å². The third kappa shape index (κ3) is 4.84. The molecule has 4 rings (SSSR count). The van der Waals surface area contributed by atoms with E-state index in [9.17, 15) is 9.59 Å². The topological polar surface area (TPSA) is 89.1 Å². The Bertz CT molecular complexity index is 915. The van der Waals surface area contributed by atoms with Crippen LogP contribution in [-0.2, 0) is 14.3 Å². The molecule has 2 heterocycles. The van der Waals surface area contributed by atoms with Gasteiger partial charge in [0.05, 0.1) is 19.3 Å². The average Bonchev–Trinajstić information content (AvgIpc) is 3.24. The number of hydrogen-bond acceptors (Lipinski definition) is 6. The van der Waals surface area contributed by atoms with Gasteiger partial charge in [-0.05, 0) is 42.0 Å². The SMILES string of the molecule is O=C(NC[C@@H](c1ccc2c(c1)OCO2)N1CCOCC1)C(=O)Nc1ccc(Cl)cc1. The van der Waals surface area contributed by atoms with Gasteiger partial charge in [-0.15, -0.1) is 0 Å². The fraction of sp³-hybridized carbons (Fsp3) is 0.333. The largest absolute Gasteiger partial charge is 0.454 e. The van der Waals surface area contributed by atoms with E-state index < -0.39 is 11.8 Å². The molecule has 0 radical (unpaired) electrons. The maximum Gasteiger partial charge on any atom is 0.313 e. The molecule has 1 saturated heterocycles. The van der Waals surface area contributed by atoms with Crippen molar-refractivity contribution in [1.29, 1.82) is 0 Å². The molecule has 2 aliphatic rings. The molecule has 9 heteroatoms. The van der Waals surface area contributed by atoms with E-state index in [1.165, 1.54) is 0 Å². The monoisotopic (exact) mass is 431 g/mol. The number of carbonyl (C=O) groups is 2. The van der Waals surface area contributed by atoms with Crippen molar-refractivity contribution >= 4 is 29.1 Å². The molecular weight excluding hydrogens is 410 g/mol. The number of morpholine rings is 1. The van der Waals surface area contributed by atoms with Crippen molar-refractivity contribution in [1.82, 2.24) is 10.2 Å². The molecule has 0 saturated carbocycles. The van der Waals surface area contributed by atoms with Crippen LogP contribution in [0.15, 0.2) is 42.5 Å². The first kappa shape index (κ1) is 20.5. The Morgan fingerprint density at radius 2 is 1.73 bits per heavy atom. The van der Waals surface area contributed by atoms with E-state index in [1.807, 2.05) is 18.2 Å². The molecule has 158 valence electrons. The Labute approximate surface area is 179 Å². The molecule has 2 N–H and O–H groups in total. The maximum atomic E-state index is 12.4. The number of benzene rings is 2. The Morgan fingerprint density at radius 3 is 2.50 bits per heavy atom. The van der Waals surface area contributed by atoms with Crippen molar-refractivity contribution in [2.24, 2.45) is 0 Å². The average molecular weight is 432 g/mol. The molecule has 0 unspecified atom stereocenters. The number of carbonyl (C=O) groups excluding carboxylic acids is 2. The van der Waals surface area contributed by atoms with Crippen LogP contribution in [-0.4, -0.2) is 56.4 Å². The third-order valence-electron chi connectivity index (χ3n) is 5.03. The molecule has 0 aromatic heterocycles. The Morgan fingerprint density at radius 1 is 1.00 bits per heavy atom. The molecular formula is C21H22ClN3O5. The van der Waals surface area contributed by atoms with Crippen molar-refractivity contribution in [3.05, 3.63) is 53.1 Å². The first-order chi connectivity index (χ1) is 14.6. The Balaban J connectivity index is 1.43. The van der Waals surface area contributed by atoms with Crippen LogP contribution in [0.1, 0.15) is 11.6 Å². The van der Waals surface area contributed by atoms with E-state index in [4.69, 9.17) is 25.8 Å². The molecule has 0 spiro atoms. The van der Waals surface area contributed by atoms with Crippen LogP contribution >= 0.6 is 11.6 Å². The van der Waals surface area contributed by atoms with Crippen molar-refractivity contribution in [3.8, 4) is 11.5 Å². The predicted octanol–water partition coefficient (Wildman–Crippen LogP) is 2.20. The second-order valence-electron chi connectivity index (χ2n) is 6.95. The van der Waals surface area contributed by atoms with Crippen LogP contribution in [0.3, 0.4) is 0 Å². The van der Waals surface area contributed by atoms with Gasteiger partial charge >= 0.3 is 11.8 Å². The van der Waals surface area contributed by atoms with Crippen LogP contribution in [0.5, 0.6) is 11.5 Å². The summed E-state index contributed by atoms with van der Waals surface area (Å²) < 4.78 is 16.3.